The van der Waals surface area contributed by atoms with Crippen molar-refractivity contribution in [3.63, 3.8) is 0 Å². The number of nitrogens with zero attached hydrogens (tertiary/aromatic N) is 5. The number of halogens is 6. The maximum absolute atomic E-state index is 14.5. The van der Waals surface area contributed by atoms with Gasteiger partial charge in [0.25, 0.3) is 5.91 Å². The van der Waals surface area contributed by atoms with Crippen LogP contribution < -0.4 is 10.6 Å². The number of likely N-dealkylation sites (N-methyl/N-ethyl adjacent to an activating group) is 2. The number of benzene rings is 2. The molecule has 3 atom stereocenters. The summed E-state index contributed by atoms with van der Waals surface area (Å²) in [6.07, 6.45) is -16.2. The Kier molecular flexibility index (Phi) is 11.3. The molecule has 2 unspecified atom stereocenters. The molecule has 47 heavy (non-hydrogen) atoms. The highest BCUT2D eigenvalue weighted by molar-refractivity contribution is 6.20. The smallest absolute Gasteiger partial charge is 0.369 e. The molecule has 1 fully saturated rings. The van der Waals surface area contributed by atoms with Gasteiger partial charge < -0.3 is 15.5 Å². The van der Waals surface area contributed by atoms with Gasteiger partial charge in [0.1, 0.15) is 0 Å². The number of piperazine rings is 1. The van der Waals surface area contributed by atoms with E-state index in [1.54, 1.807) is 54.6 Å². The summed E-state index contributed by atoms with van der Waals surface area (Å²) in [7, 11) is 3.37. The fourth-order valence-corrected chi connectivity index (χ4v) is 5.90. The SMILES string of the molecule is CN1CCN(CN(C(=O)C(CCC(F)(F)F)C(CCC(F)(F)F)C(N)=O)[C@@H]2N=C(c3ccccc3)c3ccccc3N(C)C2=O)CC1. The van der Waals surface area contributed by atoms with Crippen LogP contribution in [0.1, 0.15) is 36.8 Å². The Morgan fingerprint density at radius 3 is 2.00 bits per heavy atom. The number of alkyl halides is 6. The molecule has 2 aromatic carbocycles. The fourth-order valence-electron chi connectivity index (χ4n) is 5.90. The van der Waals surface area contributed by atoms with E-state index in [0.717, 1.165) is 4.90 Å². The molecule has 256 valence electrons. The van der Waals surface area contributed by atoms with Crippen LogP contribution in [0.5, 0.6) is 0 Å². The Hall–Kier alpha value is -3.98. The molecular formula is C32H38F6N6O3. The van der Waals surface area contributed by atoms with Gasteiger partial charge in [0, 0.05) is 63.1 Å². The molecule has 0 aromatic heterocycles. The third-order valence-electron chi connectivity index (χ3n) is 8.54. The maximum Gasteiger partial charge on any atom is 0.389 e. The highest BCUT2D eigenvalue weighted by Crippen LogP contribution is 2.35. The number of hydrogen-bond donors (Lipinski definition) is 1. The molecule has 2 aliphatic heterocycles. The molecule has 15 heteroatoms. The first-order valence-corrected chi connectivity index (χ1v) is 15.2. The van der Waals surface area contributed by atoms with E-state index in [1.165, 1.54) is 11.9 Å². The van der Waals surface area contributed by atoms with Crippen molar-refractivity contribution >= 4 is 29.1 Å². The minimum Gasteiger partial charge on any atom is -0.369 e. The van der Waals surface area contributed by atoms with Crippen molar-refractivity contribution in [2.24, 2.45) is 22.6 Å². The Labute approximate surface area is 269 Å². The second-order valence-corrected chi connectivity index (χ2v) is 11.9. The molecule has 0 spiro atoms. The van der Waals surface area contributed by atoms with Gasteiger partial charge in [-0.3, -0.25) is 24.2 Å². The summed E-state index contributed by atoms with van der Waals surface area (Å²) in [4.78, 5) is 52.2. The van der Waals surface area contributed by atoms with Crippen LogP contribution in [0, 0.1) is 11.8 Å². The van der Waals surface area contributed by atoms with Crippen molar-refractivity contribution in [3.05, 3.63) is 65.7 Å². The van der Waals surface area contributed by atoms with Crippen LogP contribution in [0.15, 0.2) is 59.6 Å². The summed E-state index contributed by atoms with van der Waals surface area (Å²) in [5.74, 6) is -6.91. The van der Waals surface area contributed by atoms with E-state index in [9.17, 15) is 40.7 Å². The Morgan fingerprint density at radius 2 is 1.43 bits per heavy atom. The molecule has 0 aliphatic carbocycles. The predicted molar refractivity (Wildman–Crippen MR) is 163 cm³/mol. The number of anilines is 1. The van der Waals surface area contributed by atoms with Crippen LogP contribution in [-0.4, -0.2) is 104 Å². The van der Waals surface area contributed by atoms with Crippen LogP contribution in [0.2, 0.25) is 0 Å². The number of amides is 3. The first-order chi connectivity index (χ1) is 22.1. The fraction of sp³-hybridized carbons (Fsp3) is 0.500. The van der Waals surface area contributed by atoms with E-state index in [0.29, 0.717) is 48.7 Å². The van der Waals surface area contributed by atoms with Crippen LogP contribution in [0.3, 0.4) is 0 Å². The van der Waals surface area contributed by atoms with Crippen molar-refractivity contribution in [1.29, 1.82) is 0 Å². The maximum atomic E-state index is 14.5. The molecule has 0 saturated carbocycles. The number of rotatable bonds is 11. The normalized spacial score (nSPS) is 19.4. The van der Waals surface area contributed by atoms with Crippen LogP contribution in [0.25, 0.3) is 0 Å². The minimum atomic E-state index is -4.79. The standard InChI is InChI=1S/C32H38F6N6O3/c1-41-16-18-43(19-17-41)20-44(29(46)23(13-15-32(36,37)38)22(27(39)45)12-14-31(33,34)35)28-30(47)42(2)25-11-7-6-10-24(25)26(40-28)21-8-4-3-5-9-21/h3-11,22-23,28H,12-20H2,1-2H3,(H2,39,45)/t22?,23?,28-/m0/s1. The third kappa shape index (κ3) is 9.31. The molecule has 2 N–H and O–H groups in total. The molecule has 2 aromatic rings. The molecule has 3 amide bonds. The summed E-state index contributed by atoms with van der Waals surface area (Å²) in [6, 6.07) is 15.7. The number of aliphatic imine (C=N–C) groups is 1. The quantitative estimate of drug-likeness (QED) is 0.361. The average molecular weight is 669 g/mol. The first kappa shape index (κ1) is 35.9. The second-order valence-electron chi connectivity index (χ2n) is 11.9. The molecular weight excluding hydrogens is 630 g/mol. The van der Waals surface area contributed by atoms with Gasteiger partial charge in [0.2, 0.25) is 18.0 Å². The van der Waals surface area contributed by atoms with E-state index in [-0.39, 0.29) is 6.67 Å². The molecule has 1 saturated heterocycles. The van der Waals surface area contributed by atoms with Crippen molar-refractivity contribution in [1.82, 2.24) is 14.7 Å². The minimum absolute atomic E-state index is 0.272. The largest absolute Gasteiger partial charge is 0.389 e. The number of hydrogen-bond acceptors (Lipinski definition) is 6. The number of para-hydroxylation sites is 1. The third-order valence-corrected chi connectivity index (χ3v) is 8.54. The number of benzodiazepines with no additional fused rings is 1. The van der Waals surface area contributed by atoms with Crippen molar-refractivity contribution in [2.75, 3.05) is 51.8 Å². The van der Waals surface area contributed by atoms with E-state index in [2.05, 4.69) is 0 Å². The first-order valence-electron chi connectivity index (χ1n) is 15.2. The second kappa shape index (κ2) is 14.8. The van der Waals surface area contributed by atoms with Gasteiger partial charge in [0.15, 0.2) is 0 Å². The van der Waals surface area contributed by atoms with E-state index < -0.39 is 73.8 Å². The summed E-state index contributed by atoms with van der Waals surface area (Å²) in [5, 5.41) is 0. The van der Waals surface area contributed by atoms with Crippen LogP contribution >= 0.6 is 0 Å². The van der Waals surface area contributed by atoms with Gasteiger partial charge in [-0.1, -0.05) is 48.5 Å². The van der Waals surface area contributed by atoms with Gasteiger partial charge in [0.05, 0.1) is 24.0 Å². The lowest BCUT2D eigenvalue weighted by molar-refractivity contribution is -0.159. The number of fused-ring (bicyclic) bond motifs is 1. The van der Waals surface area contributed by atoms with Crippen molar-refractivity contribution in [2.45, 2.75) is 44.2 Å². The lowest BCUT2D eigenvalue weighted by Gasteiger charge is -2.40. The van der Waals surface area contributed by atoms with Gasteiger partial charge in [-0.15, -0.1) is 0 Å². The lowest BCUT2D eigenvalue weighted by atomic mass is 9.83. The van der Waals surface area contributed by atoms with E-state index in [1.807, 2.05) is 16.8 Å². The molecule has 4 rings (SSSR count). The van der Waals surface area contributed by atoms with Gasteiger partial charge in [-0.2, -0.15) is 26.3 Å². The summed E-state index contributed by atoms with van der Waals surface area (Å²) in [5.41, 5.74) is 7.41. The van der Waals surface area contributed by atoms with Crippen molar-refractivity contribution < 1.29 is 40.7 Å². The van der Waals surface area contributed by atoms with Gasteiger partial charge in [-0.05, 0) is 26.0 Å². The summed E-state index contributed by atoms with van der Waals surface area (Å²) >= 11 is 0. The zero-order valence-electron chi connectivity index (χ0n) is 26.1. The predicted octanol–water partition coefficient (Wildman–Crippen LogP) is 4.26. The van der Waals surface area contributed by atoms with Crippen LogP contribution in [0.4, 0.5) is 32.0 Å². The molecule has 0 radical (unpaired) electrons. The molecule has 2 aliphatic rings. The topological polar surface area (TPSA) is 103 Å². The van der Waals surface area contributed by atoms with Crippen molar-refractivity contribution in [3.8, 4) is 0 Å². The summed E-state index contributed by atoms with van der Waals surface area (Å²) in [6.45, 7) is 1.74. The number of nitrogens with two attached hydrogens (primary N) is 1. The Morgan fingerprint density at radius 1 is 0.872 bits per heavy atom. The molecule has 2 heterocycles. The Balaban J connectivity index is 1.86. The van der Waals surface area contributed by atoms with Gasteiger partial charge >= 0.3 is 12.4 Å². The Bertz CT molecular complexity index is 1440. The highest BCUT2D eigenvalue weighted by atomic mass is 19.4. The zero-order chi connectivity index (χ0) is 34.5. The highest BCUT2D eigenvalue weighted by Gasteiger charge is 2.45. The van der Waals surface area contributed by atoms with Crippen LogP contribution in [-0.2, 0) is 14.4 Å². The lowest BCUT2D eigenvalue weighted by Crippen LogP contribution is -2.58. The molecule has 0 bridgehead atoms. The number of primary amides is 1. The van der Waals surface area contributed by atoms with E-state index >= 15 is 0 Å². The van der Waals surface area contributed by atoms with Gasteiger partial charge in [-0.25, -0.2) is 4.99 Å². The number of carbonyl (C=O) groups excluding carboxylic acids is 3. The van der Waals surface area contributed by atoms with E-state index in [4.69, 9.17) is 10.7 Å². The monoisotopic (exact) mass is 668 g/mol. The zero-order valence-corrected chi connectivity index (χ0v) is 26.1. The average Bonchev–Trinajstić information content (AvgIpc) is 3.11. The summed E-state index contributed by atoms with van der Waals surface area (Å²) < 4.78 is 80.4. The number of carbonyl (C=O) groups is 3. The molecule has 9 nitrogen and oxygen atoms in total.